The Morgan fingerprint density at radius 2 is 2.00 bits per heavy atom. The van der Waals surface area contributed by atoms with Crippen LogP contribution < -0.4 is 21.1 Å². The Kier molecular flexibility index (Phi) is 8.92. The van der Waals surface area contributed by atoms with Gasteiger partial charge in [-0.3, -0.25) is 15.1 Å². The molecule has 2 aliphatic rings. The van der Waals surface area contributed by atoms with Crippen molar-refractivity contribution in [2.45, 2.75) is 32.0 Å². The van der Waals surface area contributed by atoms with Crippen molar-refractivity contribution in [2.75, 3.05) is 24.6 Å². The highest BCUT2D eigenvalue weighted by Crippen LogP contribution is 2.32. The Bertz CT molecular complexity index is 1380. The van der Waals surface area contributed by atoms with Crippen LogP contribution in [0.15, 0.2) is 70.4 Å². The monoisotopic (exact) mass is 559 g/mol. The summed E-state index contributed by atoms with van der Waals surface area (Å²) in [6.07, 6.45) is 1.77. The van der Waals surface area contributed by atoms with Gasteiger partial charge >= 0.3 is 6.18 Å². The average Bonchev–Trinajstić information content (AvgIpc) is 2.93. The van der Waals surface area contributed by atoms with Crippen molar-refractivity contribution in [3.63, 3.8) is 0 Å². The van der Waals surface area contributed by atoms with Crippen LogP contribution in [0.5, 0.6) is 0 Å². The number of hydrazone groups is 1. The fraction of sp³-hybridized carbons (Fsp3) is 0.308. The first kappa shape index (κ1) is 28.5. The predicted octanol–water partition coefficient (Wildman–Crippen LogP) is 2.96. The van der Waals surface area contributed by atoms with Gasteiger partial charge in [0, 0.05) is 49.1 Å². The second-order valence-electron chi connectivity index (χ2n) is 9.00. The normalized spacial score (nSPS) is 16.2. The summed E-state index contributed by atoms with van der Waals surface area (Å²) < 4.78 is 54.1. The van der Waals surface area contributed by atoms with Crippen molar-refractivity contribution in [3.05, 3.63) is 71.1 Å². The number of amides is 1. The maximum Gasteiger partial charge on any atom is 0.421 e. The van der Waals surface area contributed by atoms with Crippen LogP contribution in [0, 0.1) is 5.82 Å². The Labute approximate surface area is 226 Å². The lowest BCUT2D eigenvalue weighted by Crippen LogP contribution is -2.39. The number of nitrogens with zero attached hydrogens (tertiary/aromatic N) is 4. The zero-order valence-electron chi connectivity index (χ0n) is 21.3. The third-order valence-corrected chi connectivity index (χ3v) is 5.99. The van der Waals surface area contributed by atoms with Gasteiger partial charge in [0.05, 0.1) is 18.5 Å². The first-order valence-corrected chi connectivity index (χ1v) is 12.2. The third kappa shape index (κ3) is 7.10. The van der Waals surface area contributed by atoms with E-state index < -0.39 is 35.1 Å². The van der Waals surface area contributed by atoms with Crippen molar-refractivity contribution < 1.29 is 32.0 Å². The molecule has 2 aliphatic heterocycles. The zero-order valence-corrected chi connectivity index (χ0v) is 21.3. The second kappa shape index (κ2) is 12.5. The van der Waals surface area contributed by atoms with Gasteiger partial charge < -0.3 is 10.2 Å². The molecule has 3 heterocycles. The van der Waals surface area contributed by atoms with Crippen molar-refractivity contribution in [2.24, 2.45) is 5.10 Å². The first-order chi connectivity index (χ1) is 19.2. The fourth-order valence-electron chi connectivity index (χ4n) is 4.06. The second-order valence-corrected chi connectivity index (χ2v) is 9.00. The number of halogens is 4. The highest BCUT2D eigenvalue weighted by molar-refractivity contribution is 5.84. The van der Waals surface area contributed by atoms with Crippen molar-refractivity contribution in [3.8, 4) is 11.1 Å². The molecule has 14 heteroatoms. The smallest absolute Gasteiger partial charge is 0.378 e. The number of aromatic nitrogens is 2. The van der Waals surface area contributed by atoms with Crippen molar-refractivity contribution in [1.82, 2.24) is 26.2 Å². The lowest BCUT2D eigenvalue weighted by Gasteiger charge is -2.26. The largest absolute Gasteiger partial charge is 0.421 e. The number of benzene rings is 1. The summed E-state index contributed by atoms with van der Waals surface area (Å²) in [6, 6.07) is 5.71. The Morgan fingerprint density at radius 1 is 1.25 bits per heavy atom. The number of rotatable bonds is 9. The Hall–Kier alpha value is -4.55. The molecular formula is C26H25F4N7O3. The number of anilines is 1. The molecule has 3 N–H and O–H groups in total. The van der Waals surface area contributed by atoms with Crippen LogP contribution in [0.1, 0.15) is 19.8 Å². The van der Waals surface area contributed by atoms with Gasteiger partial charge in [-0.15, -0.1) is 0 Å². The van der Waals surface area contributed by atoms with E-state index in [1.54, 1.807) is 30.6 Å². The summed E-state index contributed by atoms with van der Waals surface area (Å²) in [5.74, 6) is 0.911. The number of allylic oxidation sites excluding steroid dienone is 2. The van der Waals surface area contributed by atoms with E-state index in [0.717, 1.165) is 11.8 Å². The predicted molar refractivity (Wildman–Crippen MR) is 138 cm³/mol. The summed E-state index contributed by atoms with van der Waals surface area (Å²) in [5.41, 5.74) is 3.66. The Balaban J connectivity index is 1.23. The standard InChI is InChI=1S/C26H25F4N7O3/c1-16(34-21-13-33-35-22(14-38)24(21)26(28,29)30)15-40-36-23(39)10-17-6-8-37(9-7-17)25-31-11-18(12-32-25)19-4-2-3-5-20(19)27/h2-6,11-13,16,34-35H,7-10,15H2,1H3,(H,36,39)/t16-/m0/s1. The fourth-order valence-corrected chi connectivity index (χ4v) is 4.06. The van der Waals surface area contributed by atoms with E-state index >= 15 is 0 Å². The van der Waals surface area contributed by atoms with E-state index in [4.69, 9.17) is 4.84 Å². The molecule has 0 saturated heterocycles. The molecular weight excluding hydrogens is 534 g/mol. The molecule has 0 spiro atoms. The number of carbonyl (C=O) groups excluding carboxylic acids is 2. The molecule has 10 nitrogen and oxygen atoms in total. The topological polar surface area (TPSA) is 121 Å². The summed E-state index contributed by atoms with van der Waals surface area (Å²) in [4.78, 5) is 39.0. The number of hydroxylamine groups is 1. The van der Waals surface area contributed by atoms with Crippen LogP contribution >= 0.6 is 0 Å². The van der Waals surface area contributed by atoms with E-state index in [1.165, 1.54) is 18.9 Å². The summed E-state index contributed by atoms with van der Waals surface area (Å²) in [6.45, 7) is 2.43. The molecule has 0 radical (unpaired) electrons. The van der Waals surface area contributed by atoms with Gasteiger partial charge in [0.2, 0.25) is 11.9 Å². The van der Waals surface area contributed by atoms with Crippen LogP contribution in [-0.4, -0.2) is 59.9 Å². The van der Waals surface area contributed by atoms with E-state index in [-0.39, 0.29) is 18.8 Å². The van der Waals surface area contributed by atoms with Crippen LogP contribution in [-0.2, 0) is 14.4 Å². The minimum Gasteiger partial charge on any atom is -0.378 e. The number of carbonyl (C=O) groups is 1. The molecule has 0 aliphatic carbocycles. The molecule has 40 heavy (non-hydrogen) atoms. The van der Waals surface area contributed by atoms with Gasteiger partial charge in [-0.05, 0) is 19.4 Å². The highest BCUT2D eigenvalue weighted by Gasteiger charge is 2.41. The highest BCUT2D eigenvalue weighted by atomic mass is 19.4. The quantitative estimate of drug-likeness (QED) is 0.186. The molecule has 0 saturated carbocycles. The number of alkyl halides is 3. The molecule has 1 aromatic carbocycles. The van der Waals surface area contributed by atoms with Gasteiger partial charge in [-0.2, -0.15) is 18.3 Å². The zero-order chi connectivity index (χ0) is 28.7. The number of hydrogen-bond donors (Lipinski definition) is 3. The molecule has 1 amide bonds. The molecule has 0 unspecified atom stereocenters. The van der Waals surface area contributed by atoms with Crippen LogP contribution in [0.25, 0.3) is 11.1 Å². The lowest BCUT2D eigenvalue weighted by molar-refractivity contribution is -0.133. The molecule has 2 aromatic rings. The molecule has 1 aromatic heterocycles. The SMILES string of the molecule is C[C@@H](CONC(=O)CC1=CCN(c2ncc(-c3ccccc3F)cn2)CC1)NC1=C(C(F)(F)F)C(=C=O)NN=C1. The molecule has 4 rings (SSSR count). The van der Waals surface area contributed by atoms with E-state index in [1.807, 2.05) is 16.4 Å². The van der Waals surface area contributed by atoms with E-state index in [2.05, 4.69) is 25.9 Å². The van der Waals surface area contributed by atoms with Gasteiger partial charge in [0.15, 0.2) is 11.6 Å². The van der Waals surface area contributed by atoms with E-state index in [0.29, 0.717) is 36.6 Å². The maximum absolute atomic E-state index is 14.0. The van der Waals surface area contributed by atoms with E-state index in [9.17, 15) is 27.2 Å². The van der Waals surface area contributed by atoms with Gasteiger partial charge in [-0.1, -0.05) is 29.8 Å². The maximum atomic E-state index is 14.0. The van der Waals surface area contributed by atoms with Crippen LogP contribution in [0.4, 0.5) is 23.5 Å². The summed E-state index contributed by atoms with van der Waals surface area (Å²) in [5, 5.41) is 6.09. The first-order valence-electron chi connectivity index (χ1n) is 12.2. The van der Waals surface area contributed by atoms with Crippen molar-refractivity contribution >= 4 is 24.0 Å². The molecule has 1 atom stereocenters. The van der Waals surface area contributed by atoms with Crippen LogP contribution in [0.3, 0.4) is 0 Å². The number of nitrogens with one attached hydrogen (secondary N) is 3. The molecule has 210 valence electrons. The van der Waals surface area contributed by atoms with Crippen LogP contribution in [0.2, 0.25) is 0 Å². The van der Waals surface area contributed by atoms with Gasteiger partial charge in [0.25, 0.3) is 0 Å². The third-order valence-electron chi connectivity index (χ3n) is 5.99. The molecule has 0 fully saturated rings. The van der Waals surface area contributed by atoms with Gasteiger partial charge in [0.1, 0.15) is 11.4 Å². The van der Waals surface area contributed by atoms with Gasteiger partial charge in [-0.25, -0.2) is 24.6 Å². The number of hydrogen-bond acceptors (Lipinski definition) is 9. The minimum absolute atomic E-state index is 0.0813. The minimum atomic E-state index is -4.82. The van der Waals surface area contributed by atoms with Crippen molar-refractivity contribution in [1.29, 1.82) is 0 Å². The Morgan fingerprint density at radius 3 is 2.65 bits per heavy atom. The molecule has 0 bridgehead atoms. The average molecular weight is 560 g/mol. The summed E-state index contributed by atoms with van der Waals surface area (Å²) >= 11 is 0. The lowest BCUT2D eigenvalue weighted by atomic mass is 10.0. The summed E-state index contributed by atoms with van der Waals surface area (Å²) in [7, 11) is 0.